The second kappa shape index (κ2) is 4.80. The Labute approximate surface area is 116 Å². The zero-order valence-electron chi connectivity index (χ0n) is 10.9. The van der Waals surface area contributed by atoms with Crippen molar-refractivity contribution >= 4 is 22.6 Å². The second-order valence-electron chi connectivity index (χ2n) is 5.41. The molecule has 2 heterocycles. The lowest BCUT2D eigenvalue weighted by atomic mass is 9.83. The maximum atomic E-state index is 15.1. The highest BCUT2D eigenvalue weighted by atomic mass is 35.5. The topological polar surface area (TPSA) is 25.2 Å². The Morgan fingerprint density at radius 1 is 1.42 bits per heavy atom. The molecule has 2 aromatic rings. The van der Waals surface area contributed by atoms with Gasteiger partial charge in [0.25, 0.3) is 0 Å². The van der Waals surface area contributed by atoms with Crippen LogP contribution in [0.2, 0.25) is 5.02 Å². The molecule has 3 rings (SSSR count). The van der Waals surface area contributed by atoms with Crippen LogP contribution in [0.15, 0.2) is 28.7 Å². The van der Waals surface area contributed by atoms with Crippen LogP contribution in [0.4, 0.5) is 4.39 Å². The first-order valence-corrected chi connectivity index (χ1v) is 7.04. The van der Waals surface area contributed by atoms with E-state index in [4.69, 9.17) is 16.0 Å². The largest absolute Gasteiger partial charge is 0.458 e. The quantitative estimate of drug-likeness (QED) is 0.889. The highest BCUT2D eigenvalue weighted by molar-refractivity contribution is 6.31. The molecule has 0 aliphatic carbocycles. The van der Waals surface area contributed by atoms with Crippen LogP contribution >= 0.6 is 11.6 Å². The third-order valence-electron chi connectivity index (χ3n) is 4.02. The van der Waals surface area contributed by atoms with Crippen LogP contribution in [0.5, 0.6) is 0 Å². The van der Waals surface area contributed by atoms with E-state index in [-0.39, 0.29) is 5.92 Å². The third-order valence-corrected chi connectivity index (χ3v) is 4.26. The van der Waals surface area contributed by atoms with Gasteiger partial charge in [0.1, 0.15) is 11.3 Å². The standard InChI is InChI=1S/C15H17ClFNO/c1-15(17,11-3-2-6-18-9-11)14-8-10-7-12(16)4-5-13(10)19-14/h4-5,7-8,11,18H,2-3,6,9H2,1H3. The van der Waals surface area contributed by atoms with Gasteiger partial charge in [0, 0.05) is 22.9 Å². The molecular formula is C15H17ClFNO. The van der Waals surface area contributed by atoms with Crippen LogP contribution < -0.4 is 5.32 Å². The first-order chi connectivity index (χ1) is 9.07. The van der Waals surface area contributed by atoms with Crippen molar-refractivity contribution in [3.63, 3.8) is 0 Å². The minimum Gasteiger partial charge on any atom is -0.458 e. The Morgan fingerprint density at radius 3 is 3.00 bits per heavy atom. The average Bonchev–Trinajstić information content (AvgIpc) is 2.83. The minimum atomic E-state index is -1.45. The molecular weight excluding hydrogens is 265 g/mol. The van der Waals surface area contributed by atoms with E-state index >= 15 is 4.39 Å². The molecule has 1 aliphatic heterocycles. The minimum absolute atomic E-state index is 0.0442. The molecule has 2 nitrogen and oxygen atoms in total. The summed E-state index contributed by atoms with van der Waals surface area (Å²) in [6, 6.07) is 7.13. The van der Waals surface area contributed by atoms with Crippen LogP contribution in [-0.4, -0.2) is 13.1 Å². The molecule has 1 aromatic carbocycles. The number of nitrogens with one attached hydrogen (secondary N) is 1. The van der Waals surface area contributed by atoms with E-state index < -0.39 is 5.67 Å². The molecule has 1 N–H and O–H groups in total. The van der Waals surface area contributed by atoms with Gasteiger partial charge in [0.15, 0.2) is 5.67 Å². The summed E-state index contributed by atoms with van der Waals surface area (Å²) in [5.41, 5.74) is -0.758. The van der Waals surface area contributed by atoms with E-state index in [0.717, 1.165) is 24.8 Å². The van der Waals surface area contributed by atoms with Gasteiger partial charge in [0.2, 0.25) is 0 Å². The van der Waals surface area contributed by atoms with Crippen LogP contribution in [-0.2, 0) is 5.67 Å². The predicted molar refractivity (Wildman–Crippen MR) is 75.3 cm³/mol. The number of benzene rings is 1. The molecule has 4 heteroatoms. The molecule has 2 atom stereocenters. The molecule has 0 radical (unpaired) electrons. The van der Waals surface area contributed by atoms with Crippen LogP contribution in [0.25, 0.3) is 11.0 Å². The molecule has 1 saturated heterocycles. The van der Waals surface area contributed by atoms with Gasteiger partial charge in [-0.25, -0.2) is 4.39 Å². The average molecular weight is 282 g/mol. The summed E-state index contributed by atoms with van der Waals surface area (Å²) in [5, 5.41) is 4.75. The fourth-order valence-corrected chi connectivity index (χ4v) is 2.95. The summed E-state index contributed by atoms with van der Waals surface area (Å²) in [6.07, 6.45) is 1.90. The van der Waals surface area contributed by atoms with E-state index in [0.29, 0.717) is 22.9 Å². The van der Waals surface area contributed by atoms with Gasteiger partial charge in [0.05, 0.1) is 0 Å². The lowest BCUT2D eigenvalue weighted by molar-refractivity contribution is 0.0591. The monoisotopic (exact) mass is 281 g/mol. The Bertz CT molecular complexity index is 587. The number of halogens is 2. The maximum absolute atomic E-state index is 15.1. The van der Waals surface area contributed by atoms with Gasteiger partial charge < -0.3 is 9.73 Å². The zero-order chi connectivity index (χ0) is 13.5. The Morgan fingerprint density at radius 2 is 2.26 bits per heavy atom. The Kier molecular flexibility index (Phi) is 3.27. The number of fused-ring (bicyclic) bond motifs is 1. The number of hydrogen-bond donors (Lipinski definition) is 1. The van der Waals surface area contributed by atoms with Gasteiger partial charge in [-0.2, -0.15) is 0 Å². The van der Waals surface area contributed by atoms with Crippen molar-refractivity contribution in [3.8, 4) is 0 Å². The van der Waals surface area contributed by atoms with Crippen molar-refractivity contribution in [2.75, 3.05) is 13.1 Å². The number of rotatable bonds is 2. The van der Waals surface area contributed by atoms with E-state index in [1.807, 2.05) is 0 Å². The molecule has 0 amide bonds. The van der Waals surface area contributed by atoms with Crippen molar-refractivity contribution in [2.24, 2.45) is 5.92 Å². The second-order valence-corrected chi connectivity index (χ2v) is 5.85. The van der Waals surface area contributed by atoms with Crippen LogP contribution in [0.3, 0.4) is 0 Å². The normalized spacial score (nSPS) is 23.4. The molecule has 1 aliphatic rings. The van der Waals surface area contributed by atoms with E-state index in [1.54, 1.807) is 31.2 Å². The SMILES string of the molecule is CC(F)(c1cc2cc(Cl)ccc2o1)C1CCCNC1. The van der Waals surface area contributed by atoms with Gasteiger partial charge >= 0.3 is 0 Å². The smallest absolute Gasteiger partial charge is 0.169 e. The fraction of sp³-hybridized carbons (Fsp3) is 0.467. The Hall–Kier alpha value is -1.06. The number of alkyl halides is 1. The summed E-state index contributed by atoms with van der Waals surface area (Å²) in [6.45, 7) is 3.29. The van der Waals surface area contributed by atoms with Crippen LogP contribution in [0, 0.1) is 5.92 Å². The molecule has 0 bridgehead atoms. The number of piperidine rings is 1. The summed E-state index contributed by atoms with van der Waals surface area (Å²) in [7, 11) is 0. The van der Waals surface area contributed by atoms with E-state index in [9.17, 15) is 0 Å². The summed E-state index contributed by atoms with van der Waals surface area (Å²) in [4.78, 5) is 0. The molecule has 102 valence electrons. The van der Waals surface area contributed by atoms with Gasteiger partial charge in [-0.15, -0.1) is 0 Å². The third kappa shape index (κ3) is 2.37. The molecule has 0 spiro atoms. The number of hydrogen-bond acceptors (Lipinski definition) is 2. The van der Waals surface area contributed by atoms with Gasteiger partial charge in [-0.1, -0.05) is 11.6 Å². The van der Waals surface area contributed by atoms with Crippen molar-refractivity contribution in [3.05, 3.63) is 35.0 Å². The first kappa shape index (κ1) is 12.9. The van der Waals surface area contributed by atoms with E-state index in [2.05, 4.69) is 5.32 Å². The first-order valence-electron chi connectivity index (χ1n) is 6.66. The van der Waals surface area contributed by atoms with Crippen molar-refractivity contribution in [2.45, 2.75) is 25.4 Å². The molecule has 19 heavy (non-hydrogen) atoms. The summed E-state index contributed by atoms with van der Waals surface area (Å²) in [5.74, 6) is 0.357. The lowest BCUT2D eigenvalue weighted by Gasteiger charge is -2.32. The lowest BCUT2D eigenvalue weighted by Crippen LogP contribution is -2.39. The van der Waals surface area contributed by atoms with Crippen molar-refractivity contribution in [1.29, 1.82) is 0 Å². The number of furan rings is 1. The van der Waals surface area contributed by atoms with Gasteiger partial charge in [-0.05, 0) is 50.6 Å². The maximum Gasteiger partial charge on any atom is 0.169 e. The fourth-order valence-electron chi connectivity index (χ4n) is 2.77. The highest BCUT2D eigenvalue weighted by Crippen LogP contribution is 2.40. The molecule has 0 saturated carbocycles. The zero-order valence-corrected chi connectivity index (χ0v) is 11.6. The predicted octanol–water partition coefficient (Wildman–Crippen LogP) is 4.27. The summed E-state index contributed by atoms with van der Waals surface area (Å²) < 4.78 is 20.8. The Balaban J connectivity index is 1.97. The summed E-state index contributed by atoms with van der Waals surface area (Å²) >= 11 is 5.95. The molecule has 1 aromatic heterocycles. The highest BCUT2D eigenvalue weighted by Gasteiger charge is 2.39. The van der Waals surface area contributed by atoms with Crippen LogP contribution in [0.1, 0.15) is 25.5 Å². The van der Waals surface area contributed by atoms with Crippen molar-refractivity contribution < 1.29 is 8.81 Å². The van der Waals surface area contributed by atoms with E-state index in [1.165, 1.54) is 0 Å². The van der Waals surface area contributed by atoms with Crippen molar-refractivity contribution in [1.82, 2.24) is 5.32 Å². The van der Waals surface area contributed by atoms with Gasteiger partial charge in [-0.3, -0.25) is 0 Å². The molecule has 1 fully saturated rings. The molecule has 2 unspecified atom stereocenters.